The summed E-state index contributed by atoms with van der Waals surface area (Å²) in [5.74, 6) is 2.57. The SMILES string of the molecule is Cc1csc2nc(C3CCCCC3)nc(NCc3ccccc3)c12.O=C(O)O. The Labute approximate surface area is 168 Å². The number of thiophene rings is 1. The van der Waals surface area contributed by atoms with E-state index in [0.29, 0.717) is 5.92 Å². The summed E-state index contributed by atoms with van der Waals surface area (Å²) in [7, 11) is 0. The molecule has 0 saturated heterocycles. The average molecular weight is 400 g/mol. The molecular weight excluding hydrogens is 374 g/mol. The molecule has 0 spiro atoms. The van der Waals surface area contributed by atoms with Crippen LogP contribution < -0.4 is 5.32 Å². The fourth-order valence-corrected chi connectivity index (χ4v) is 4.48. The predicted molar refractivity (Wildman–Crippen MR) is 112 cm³/mol. The van der Waals surface area contributed by atoms with Gasteiger partial charge in [0, 0.05) is 12.5 Å². The molecule has 0 amide bonds. The third-order valence-electron chi connectivity index (χ3n) is 4.91. The molecule has 0 radical (unpaired) electrons. The molecule has 28 heavy (non-hydrogen) atoms. The molecule has 0 unspecified atom stereocenters. The molecule has 1 aromatic carbocycles. The first-order chi connectivity index (χ1) is 13.5. The Morgan fingerprint density at radius 1 is 1.14 bits per heavy atom. The van der Waals surface area contributed by atoms with Crippen molar-refractivity contribution in [3.05, 3.63) is 52.7 Å². The van der Waals surface area contributed by atoms with Crippen molar-refractivity contribution in [3.8, 4) is 0 Å². The first-order valence-corrected chi connectivity index (χ1v) is 10.4. The van der Waals surface area contributed by atoms with Gasteiger partial charge in [-0.1, -0.05) is 49.6 Å². The molecule has 1 aliphatic rings. The number of benzene rings is 1. The van der Waals surface area contributed by atoms with E-state index in [1.165, 1.54) is 48.6 Å². The second kappa shape index (κ2) is 9.50. The maximum atomic E-state index is 8.56. The lowest BCUT2D eigenvalue weighted by atomic mass is 9.88. The molecule has 3 aromatic rings. The van der Waals surface area contributed by atoms with Crippen LogP contribution in [-0.2, 0) is 6.54 Å². The molecule has 6 nitrogen and oxygen atoms in total. The molecule has 2 aromatic heterocycles. The Morgan fingerprint density at radius 2 is 1.82 bits per heavy atom. The first kappa shape index (κ1) is 20.1. The van der Waals surface area contributed by atoms with E-state index in [9.17, 15) is 0 Å². The quantitative estimate of drug-likeness (QED) is 0.507. The number of carbonyl (C=O) groups is 1. The Bertz CT molecular complexity index is 917. The van der Waals surface area contributed by atoms with Crippen LogP contribution in [0.4, 0.5) is 10.6 Å². The van der Waals surface area contributed by atoms with Crippen molar-refractivity contribution in [2.75, 3.05) is 5.32 Å². The average Bonchev–Trinajstić information content (AvgIpc) is 3.08. The fourth-order valence-electron chi connectivity index (χ4n) is 3.55. The number of nitrogens with one attached hydrogen (secondary N) is 1. The summed E-state index contributed by atoms with van der Waals surface area (Å²) in [5, 5.41) is 20.9. The summed E-state index contributed by atoms with van der Waals surface area (Å²) in [6.07, 6.45) is 4.60. The lowest BCUT2D eigenvalue weighted by molar-refractivity contribution is 0.137. The van der Waals surface area contributed by atoms with Gasteiger partial charge in [0.05, 0.1) is 5.39 Å². The van der Waals surface area contributed by atoms with Crippen LogP contribution in [-0.4, -0.2) is 26.3 Å². The van der Waals surface area contributed by atoms with Gasteiger partial charge < -0.3 is 15.5 Å². The van der Waals surface area contributed by atoms with Crippen LogP contribution in [0.5, 0.6) is 0 Å². The van der Waals surface area contributed by atoms with Crippen LogP contribution >= 0.6 is 11.3 Å². The summed E-state index contributed by atoms with van der Waals surface area (Å²) in [6.45, 7) is 2.95. The molecule has 7 heteroatoms. The molecule has 0 atom stereocenters. The summed E-state index contributed by atoms with van der Waals surface area (Å²) in [5.41, 5.74) is 2.54. The van der Waals surface area contributed by atoms with Gasteiger partial charge in [-0.2, -0.15) is 0 Å². The van der Waals surface area contributed by atoms with Gasteiger partial charge in [0.1, 0.15) is 16.5 Å². The van der Waals surface area contributed by atoms with Crippen molar-refractivity contribution in [3.63, 3.8) is 0 Å². The number of fused-ring (bicyclic) bond motifs is 1. The van der Waals surface area contributed by atoms with E-state index in [-0.39, 0.29) is 0 Å². The minimum absolute atomic E-state index is 0.530. The van der Waals surface area contributed by atoms with Crippen molar-refractivity contribution in [2.24, 2.45) is 0 Å². The molecule has 4 rings (SSSR count). The van der Waals surface area contributed by atoms with E-state index in [1.54, 1.807) is 11.3 Å². The highest BCUT2D eigenvalue weighted by Crippen LogP contribution is 2.35. The van der Waals surface area contributed by atoms with Gasteiger partial charge >= 0.3 is 6.16 Å². The molecule has 148 valence electrons. The molecule has 1 aliphatic carbocycles. The highest BCUT2D eigenvalue weighted by molar-refractivity contribution is 7.17. The second-order valence-corrected chi connectivity index (χ2v) is 7.84. The number of rotatable bonds is 4. The van der Waals surface area contributed by atoms with Crippen LogP contribution in [0, 0.1) is 6.92 Å². The van der Waals surface area contributed by atoms with Crippen LogP contribution in [0.2, 0.25) is 0 Å². The van der Waals surface area contributed by atoms with E-state index in [1.807, 2.05) is 0 Å². The van der Waals surface area contributed by atoms with Crippen LogP contribution in [0.25, 0.3) is 10.2 Å². The smallest absolute Gasteiger partial charge is 0.450 e. The Hall–Kier alpha value is -2.67. The molecule has 1 fully saturated rings. The topological polar surface area (TPSA) is 95.3 Å². The van der Waals surface area contributed by atoms with Gasteiger partial charge in [-0.15, -0.1) is 11.3 Å². The van der Waals surface area contributed by atoms with Crippen LogP contribution in [0.3, 0.4) is 0 Å². The number of carboxylic acid groups (broad SMARTS) is 2. The first-order valence-electron chi connectivity index (χ1n) is 9.50. The molecule has 0 aliphatic heterocycles. The number of aromatic nitrogens is 2. The van der Waals surface area contributed by atoms with E-state index < -0.39 is 6.16 Å². The third-order valence-corrected chi connectivity index (χ3v) is 5.90. The zero-order valence-electron chi connectivity index (χ0n) is 15.9. The zero-order valence-corrected chi connectivity index (χ0v) is 16.7. The Balaban J connectivity index is 0.000000516. The fraction of sp³-hybridized carbons (Fsp3) is 0.381. The Kier molecular flexibility index (Phi) is 6.81. The maximum absolute atomic E-state index is 8.56. The summed E-state index contributed by atoms with van der Waals surface area (Å²) in [4.78, 5) is 19.5. The molecule has 0 bridgehead atoms. The lowest BCUT2D eigenvalue weighted by Crippen LogP contribution is -2.11. The number of aryl methyl sites for hydroxylation is 1. The molecule has 3 N–H and O–H groups in total. The standard InChI is InChI=1S/C20H23N3S.CH2O3/c1-14-13-24-20-17(14)19(21-12-15-8-4-2-5-9-15)22-18(23-20)16-10-6-3-7-11-16;2-1(3)4/h2,4-5,8-9,13,16H,3,6-7,10-12H2,1H3,(H,21,22,23);(H2,2,3,4). The number of anilines is 1. The third kappa shape index (κ3) is 5.19. The normalized spacial score (nSPS) is 14.3. The van der Waals surface area contributed by atoms with Crippen molar-refractivity contribution in [2.45, 2.75) is 51.5 Å². The monoisotopic (exact) mass is 399 g/mol. The predicted octanol–water partition coefficient (Wildman–Crippen LogP) is 5.88. The summed E-state index contributed by atoms with van der Waals surface area (Å²) in [6, 6.07) is 10.5. The van der Waals surface area contributed by atoms with Crippen molar-refractivity contribution in [1.82, 2.24) is 9.97 Å². The van der Waals surface area contributed by atoms with E-state index in [4.69, 9.17) is 25.0 Å². The van der Waals surface area contributed by atoms with Crippen LogP contribution in [0.1, 0.15) is 55.0 Å². The lowest BCUT2D eigenvalue weighted by Gasteiger charge is -2.21. The van der Waals surface area contributed by atoms with Gasteiger partial charge in [0.2, 0.25) is 0 Å². The second-order valence-electron chi connectivity index (χ2n) is 6.99. The molecule has 1 saturated carbocycles. The minimum Gasteiger partial charge on any atom is -0.450 e. The summed E-state index contributed by atoms with van der Waals surface area (Å²) >= 11 is 1.74. The highest BCUT2D eigenvalue weighted by Gasteiger charge is 2.21. The van der Waals surface area contributed by atoms with Gasteiger partial charge in [0.25, 0.3) is 0 Å². The largest absolute Gasteiger partial charge is 0.503 e. The highest BCUT2D eigenvalue weighted by atomic mass is 32.1. The van der Waals surface area contributed by atoms with Gasteiger partial charge in [0.15, 0.2) is 0 Å². The molecular formula is C21H25N3O3S. The van der Waals surface area contributed by atoms with Crippen molar-refractivity contribution >= 4 is 33.5 Å². The van der Waals surface area contributed by atoms with Crippen molar-refractivity contribution in [1.29, 1.82) is 0 Å². The number of nitrogens with zero attached hydrogens (tertiary/aromatic N) is 2. The van der Waals surface area contributed by atoms with Gasteiger partial charge in [-0.3, -0.25) is 0 Å². The van der Waals surface area contributed by atoms with E-state index in [2.05, 4.69) is 48.0 Å². The zero-order chi connectivity index (χ0) is 19.9. The maximum Gasteiger partial charge on any atom is 0.503 e. The summed E-state index contributed by atoms with van der Waals surface area (Å²) < 4.78 is 0. The minimum atomic E-state index is -1.83. The van der Waals surface area contributed by atoms with E-state index in [0.717, 1.165) is 23.0 Å². The Morgan fingerprint density at radius 3 is 2.50 bits per heavy atom. The molecule has 2 heterocycles. The van der Waals surface area contributed by atoms with Gasteiger partial charge in [-0.25, -0.2) is 14.8 Å². The van der Waals surface area contributed by atoms with Crippen molar-refractivity contribution < 1.29 is 15.0 Å². The number of hydrogen-bond donors (Lipinski definition) is 3. The van der Waals surface area contributed by atoms with Gasteiger partial charge in [-0.05, 0) is 36.3 Å². The van der Waals surface area contributed by atoms with E-state index >= 15 is 0 Å². The number of hydrogen-bond acceptors (Lipinski definition) is 5. The van der Waals surface area contributed by atoms with Crippen LogP contribution in [0.15, 0.2) is 35.7 Å².